The molecule has 14 heteroatoms. The molecule has 0 spiro atoms. The molecule has 42 heavy (non-hydrogen) atoms. The zero-order valence-electron chi connectivity index (χ0n) is 23.6. The zero-order valence-corrected chi connectivity index (χ0v) is 25.1. The standard InChI is InChI=1S/C28H32Cl2N8O4/c1-5-22(39)33-18-8-6-7-9-19(18)34-27-31-12-17-15-37(25-23(29)20(41-3)10-21(42-4)24(25)30)28(40)38(26(17)35-27)14-16-11-32-36(2)13-16/h5,10-13,18-19H,1,6-9,14-15H2,2-4H3,(H,33,39)(H,31,34,35)/t18-,19+/m0/s1. The van der Waals surface area contributed by atoms with Gasteiger partial charge in [-0.15, -0.1) is 0 Å². The number of urea groups is 1. The van der Waals surface area contributed by atoms with Gasteiger partial charge in [-0.05, 0) is 18.9 Å². The Morgan fingerprint density at radius 2 is 1.83 bits per heavy atom. The van der Waals surface area contributed by atoms with Crippen LogP contribution in [0.3, 0.4) is 0 Å². The summed E-state index contributed by atoms with van der Waals surface area (Å²) < 4.78 is 12.5. The fourth-order valence-corrected chi connectivity index (χ4v) is 6.04. The van der Waals surface area contributed by atoms with E-state index in [-0.39, 0.29) is 46.8 Å². The maximum Gasteiger partial charge on any atom is 0.330 e. The second-order valence-corrected chi connectivity index (χ2v) is 10.9. The quantitative estimate of drug-likeness (QED) is 0.332. The van der Waals surface area contributed by atoms with Gasteiger partial charge < -0.3 is 20.1 Å². The van der Waals surface area contributed by atoms with Gasteiger partial charge in [0.25, 0.3) is 0 Å². The minimum Gasteiger partial charge on any atom is -0.495 e. The number of benzene rings is 1. The molecule has 0 bridgehead atoms. The van der Waals surface area contributed by atoms with E-state index in [4.69, 9.17) is 37.7 Å². The lowest BCUT2D eigenvalue weighted by Gasteiger charge is -2.37. The Balaban J connectivity index is 1.53. The molecule has 2 aromatic heterocycles. The van der Waals surface area contributed by atoms with E-state index in [2.05, 4.69) is 27.3 Å². The maximum absolute atomic E-state index is 14.2. The predicted octanol–water partition coefficient (Wildman–Crippen LogP) is 4.71. The molecule has 3 heterocycles. The maximum atomic E-state index is 14.2. The van der Waals surface area contributed by atoms with Crippen LogP contribution in [0.2, 0.25) is 10.0 Å². The number of aryl methyl sites for hydroxylation is 1. The smallest absolute Gasteiger partial charge is 0.330 e. The lowest BCUT2D eigenvalue weighted by atomic mass is 9.90. The Morgan fingerprint density at radius 3 is 2.45 bits per heavy atom. The van der Waals surface area contributed by atoms with E-state index >= 15 is 0 Å². The van der Waals surface area contributed by atoms with Crippen molar-refractivity contribution in [2.24, 2.45) is 7.05 Å². The van der Waals surface area contributed by atoms with Crippen LogP contribution in [0.15, 0.2) is 37.3 Å². The summed E-state index contributed by atoms with van der Waals surface area (Å²) in [5.41, 5.74) is 1.73. The first-order valence-electron chi connectivity index (χ1n) is 13.5. The summed E-state index contributed by atoms with van der Waals surface area (Å²) in [6.45, 7) is 3.85. The Bertz CT molecular complexity index is 1490. The Hall–Kier alpha value is -4.03. The fraction of sp³-hybridized carbons (Fsp3) is 0.393. The molecule has 1 saturated carbocycles. The van der Waals surface area contributed by atoms with Gasteiger partial charge in [-0.3, -0.25) is 19.3 Å². The van der Waals surface area contributed by atoms with Crippen LogP contribution in [-0.4, -0.2) is 58.0 Å². The second kappa shape index (κ2) is 12.5. The van der Waals surface area contributed by atoms with Gasteiger partial charge in [0.2, 0.25) is 11.9 Å². The Labute approximate surface area is 253 Å². The van der Waals surface area contributed by atoms with Crippen LogP contribution < -0.4 is 29.9 Å². The van der Waals surface area contributed by atoms with Gasteiger partial charge in [0, 0.05) is 48.7 Å². The highest BCUT2D eigenvalue weighted by atomic mass is 35.5. The van der Waals surface area contributed by atoms with Crippen molar-refractivity contribution < 1.29 is 19.1 Å². The zero-order chi connectivity index (χ0) is 30.0. The molecule has 12 nitrogen and oxygen atoms in total. The minimum atomic E-state index is -0.399. The number of nitrogens with one attached hydrogen (secondary N) is 2. The number of halogens is 2. The van der Waals surface area contributed by atoms with Crippen molar-refractivity contribution in [2.45, 2.75) is 50.9 Å². The van der Waals surface area contributed by atoms with E-state index in [1.165, 1.54) is 25.2 Å². The number of rotatable bonds is 9. The molecule has 2 aliphatic rings. The monoisotopic (exact) mass is 614 g/mol. The summed E-state index contributed by atoms with van der Waals surface area (Å²) in [6.07, 6.45) is 10.2. The van der Waals surface area contributed by atoms with E-state index in [9.17, 15) is 9.59 Å². The van der Waals surface area contributed by atoms with Crippen molar-refractivity contribution in [3.05, 3.63) is 58.5 Å². The van der Waals surface area contributed by atoms with Gasteiger partial charge in [-0.1, -0.05) is 42.6 Å². The van der Waals surface area contributed by atoms with Gasteiger partial charge in [-0.25, -0.2) is 9.78 Å². The van der Waals surface area contributed by atoms with Crippen molar-refractivity contribution >= 4 is 52.6 Å². The van der Waals surface area contributed by atoms with Gasteiger partial charge >= 0.3 is 6.03 Å². The number of aromatic nitrogens is 4. The summed E-state index contributed by atoms with van der Waals surface area (Å²) in [5.74, 6) is 1.20. The van der Waals surface area contributed by atoms with Crippen molar-refractivity contribution in [2.75, 3.05) is 29.3 Å². The summed E-state index contributed by atoms with van der Waals surface area (Å²) in [4.78, 5) is 38.6. The number of methoxy groups -OCH3 is 2. The molecule has 2 N–H and O–H groups in total. The number of hydrogen-bond acceptors (Lipinski definition) is 8. The van der Waals surface area contributed by atoms with E-state index in [1.807, 2.05) is 6.20 Å². The number of carbonyl (C=O) groups excluding carboxylic acids is 2. The first-order chi connectivity index (χ1) is 20.2. The van der Waals surface area contributed by atoms with Crippen LogP contribution in [0.1, 0.15) is 36.8 Å². The average molecular weight is 616 g/mol. The molecule has 2 atom stereocenters. The predicted molar refractivity (Wildman–Crippen MR) is 161 cm³/mol. The molecule has 0 saturated heterocycles. The van der Waals surface area contributed by atoms with Crippen LogP contribution >= 0.6 is 23.2 Å². The summed E-state index contributed by atoms with van der Waals surface area (Å²) in [5, 5.41) is 11.0. The molecule has 0 radical (unpaired) electrons. The summed E-state index contributed by atoms with van der Waals surface area (Å²) in [7, 11) is 4.75. The van der Waals surface area contributed by atoms with Gasteiger partial charge in [0.15, 0.2) is 0 Å². The number of hydrogen-bond donors (Lipinski definition) is 2. The number of amides is 3. The highest BCUT2D eigenvalue weighted by Crippen LogP contribution is 2.48. The van der Waals surface area contributed by atoms with Crippen molar-refractivity contribution in [1.29, 1.82) is 0 Å². The minimum absolute atomic E-state index is 0.0786. The average Bonchev–Trinajstić information content (AvgIpc) is 3.40. The van der Waals surface area contributed by atoms with Gasteiger partial charge in [0.1, 0.15) is 27.4 Å². The molecule has 1 aliphatic heterocycles. The highest BCUT2D eigenvalue weighted by Gasteiger charge is 2.37. The van der Waals surface area contributed by atoms with Crippen LogP contribution in [0.4, 0.5) is 22.2 Å². The molecule has 1 aromatic carbocycles. The lowest BCUT2D eigenvalue weighted by molar-refractivity contribution is -0.117. The van der Waals surface area contributed by atoms with Gasteiger partial charge in [-0.2, -0.15) is 10.1 Å². The third-order valence-electron chi connectivity index (χ3n) is 7.40. The number of fused-ring (bicyclic) bond motifs is 1. The van der Waals surface area contributed by atoms with E-state index in [0.717, 1.165) is 31.2 Å². The van der Waals surface area contributed by atoms with Crippen LogP contribution in [0.5, 0.6) is 11.5 Å². The van der Waals surface area contributed by atoms with E-state index in [1.54, 1.807) is 35.1 Å². The number of anilines is 3. The Kier molecular flexibility index (Phi) is 8.74. The highest BCUT2D eigenvalue weighted by molar-refractivity contribution is 6.42. The van der Waals surface area contributed by atoms with E-state index < -0.39 is 6.03 Å². The first kappa shape index (κ1) is 29.5. The molecule has 1 aliphatic carbocycles. The van der Waals surface area contributed by atoms with Crippen LogP contribution in [0.25, 0.3) is 0 Å². The third-order valence-corrected chi connectivity index (χ3v) is 8.13. The summed E-state index contributed by atoms with van der Waals surface area (Å²) in [6, 6.07) is 0.995. The molecule has 1 fully saturated rings. The number of ether oxygens (including phenoxy) is 2. The molecular weight excluding hydrogens is 583 g/mol. The van der Waals surface area contributed by atoms with Crippen molar-refractivity contribution in [1.82, 2.24) is 25.1 Å². The number of carbonyl (C=O) groups is 2. The SMILES string of the molecule is C=CC(=O)N[C@H]1CCCC[C@H]1Nc1ncc2c(n1)N(Cc1cnn(C)c1)C(=O)N(c1c(Cl)c(OC)cc(OC)c1Cl)C2. The van der Waals surface area contributed by atoms with Crippen LogP contribution in [-0.2, 0) is 24.9 Å². The molecule has 222 valence electrons. The number of nitrogens with zero attached hydrogens (tertiary/aromatic N) is 6. The van der Waals surface area contributed by atoms with Crippen LogP contribution in [0, 0.1) is 0 Å². The largest absolute Gasteiger partial charge is 0.495 e. The second-order valence-electron chi connectivity index (χ2n) is 10.1. The fourth-order valence-electron chi connectivity index (χ4n) is 5.33. The normalized spacial score (nSPS) is 18.4. The molecule has 0 unspecified atom stereocenters. The molecule has 5 rings (SSSR count). The molecular formula is C28H32Cl2N8O4. The summed E-state index contributed by atoms with van der Waals surface area (Å²) >= 11 is 13.4. The molecule has 3 amide bonds. The van der Waals surface area contributed by atoms with Gasteiger partial charge in [0.05, 0.1) is 39.2 Å². The third kappa shape index (κ3) is 5.82. The van der Waals surface area contributed by atoms with Crippen molar-refractivity contribution in [3.63, 3.8) is 0 Å². The molecule has 3 aromatic rings. The topological polar surface area (TPSA) is 127 Å². The lowest BCUT2D eigenvalue weighted by Crippen LogP contribution is -2.49. The Morgan fingerprint density at radius 1 is 1.14 bits per heavy atom. The first-order valence-corrected chi connectivity index (χ1v) is 14.2. The van der Waals surface area contributed by atoms with Crippen molar-refractivity contribution in [3.8, 4) is 11.5 Å². The van der Waals surface area contributed by atoms with E-state index in [0.29, 0.717) is 28.8 Å².